The Morgan fingerprint density at radius 3 is 2.46 bits per heavy atom. The van der Waals surface area contributed by atoms with Crippen LogP contribution in [0.25, 0.3) is 10.9 Å². The van der Waals surface area contributed by atoms with Gasteiger partial charge in [0, 0.05) is 19.0 Å². The van der Waals surface area contributed by atoms with Crippen molar-refractivity contribution in [2.75, 3.05) is 25.0 Å². The van der Waals surface area contributed by atoms with Gasteiger partial charge >= 0.3 is 12.1 Å². The van der Waals surface area contributed by atoms with E-state index in [4.69, 9.17) is 5.11 Å². The average molecular weight is 486 g/mol. The van der Waals surface area contributed by atoms with Crippen LogP contribution in [-0.2, 0) is 11.0 Å². The van der Waals surface area contributed by atoms with Crippen molar-refractivity contribution in [2.45, 2.75) is 12.2 Å². The van der Waals surface area contributed by atoms with E-state index in [1.54, 1.807) is 11.9 Å². The summed E-state index contributed by atoms with van der Waals surface area (Å²) < 4.78 is 40.3. The number of pyridine rings is 1. The maximum atomic E-state index is 13.5. The van der Waals surface area contributed by atoms with Crippen LogP contribution in [0.3, 0.4) is 0 Å². The lowest BCUT2D eigenvalue weighted by molar-refractivity contribution is -0.138. The second-order valence-corrected chi connectivity index (χ2v) is 7.99. The highest BCUT2D eigenvalue weighted by atomic mass is 19.4. The molecule has 9 nitrogen and oxygen atoms in total. The maximum Gasteiger partial charge on any atom is 0.416 e. The van der Waals surface area contributed by atoms with Gasteiger partial charge < -0.3 is 20.4 Å². The number of carbonyl (C=O) groups is 2. The summed E-state index contributed by atoms with van der Waals surface area (Å²) in [4.78, 5) is 38.7. The number of nitrogens with zero attached hydrogens (tertiary/aromatic N) is 3. The largest absolute Gasteiger partial charge is 0.506 e. The quantitative estimate of drug-likeness (QED) is 0.516. The fourth-order valence-electron chi connectivity index (χ4n) is 4.20. The number of aromatic nitrogens is 1. The molecule has 0 saturated heterocycles. The lowest BCUT2D eigenvalue weighted by Gasteiger charge is -2.36. The van der Waals surface area contributed by atoms with Gasteiger partial charge in [0.25, 0.3) is 11.5 Å². The molecule has 0 spiro atoms. The van der Waals surface area contributed by atoms with Gasteiger partial charge in [-0.3, -0.25) is 19.0 Å². The van der Waals surface area contributed by atoms with Crippen molar-refractivity contribution in [3.8, 4) is 11.8 Å². The van der Waals surface area contributed by atoms with E-state index < -0.39 is 53.1 Å². The van der Waals surface area contributed by atoms with Gasteiger partial charge in [0.2, 0.25) is 0 Å². The number of alkyl halides is 3. The number of hydrogen-bond acceptors (Lipinski definition) is 6. The Bertz CT molecular complexity index is 1470. The van der Waals surface area contributed by atoms with Gasteiger partial charge in [0.1, 0.15) is 17.9 Å². The second-order valence-electron chi connectivity index (χ2n) is 7.99. The molecule has 1 amide bonds. The van der Waals surface area contributed by atoms with E-state index in [2.05, 4.69) is 0 Å². The number of aromatic hydroxyl groups is 1. The number of nitrogens with one attached hydrogen (secondary N) is 1. The topological polar surface area (TPSA) is 136 Å². The number of rotatable bonds is 4. The van der Waals surface area contributed by atoms with Crippen LogP contribution in [0.5, 0.6) is 5.75 Å². The number of benzene rings is 2. The van der Waals surface area contributed by atoms with Crippen molar-refractivity contribution >= 4 is 28.5 Å². The van der Waals surface area contributed by atoms with Gasteiger partial charge in [0.05, 0.1) is 34.4 Å². The minimum absolute atomic E-state index is 0.0115. The molecule has 3 N–H and O–H groups in total. The van der Waals surface area contributed by atoms with E-state index >= 15 is 0 Å². The van der Waals surface area contributed by atoms with Crippen LogP contribution in [0.2, 0.25) is 0 Å². The first kappa shape index (κ1) is 23.6. The van der Waals surface area contributed by atoms with Crippen LogP contribution in [0.4, 0.5) is 18.9 Å². The average Bonchev–Trinajstić information content (AvgIpc) is 2.81. The van der Waals surface area contributed by atoms with Crippen molar-refractivity contribution in [1.82, 2.24) is 9.88 Å². The van der Waals surface area contributed by atoms with Crippen LogP contribution in [0, 0.1) is 11.3 Å². The SMILES string of the molecule is CN1CC(c2ccc(C(F)(F)F)cc2)n2c(=O)c(C(=O)NCC(=O)O)c(O)c3cc(C#N)cc1c32. The number of halogens is 3. The number of likely N-dealkylation sites (N-methyl/N-ethyl adjacent to an activating group) is 1. The summed E-state index contributed by atoms with van der Waals surface area (Å²) in [7, 11) is 1.66. The van der Waals surface area contributed by atoms with Crippen LogP contribution in [0.15, 0.2) is 41.2 Å². The molecule has 1 atom stereocenters. The molecule has 12 heteroatoms. The normalized spacial score (nSPS) is 15.1. The number of aliphatic carboxylic acids is 1. The van der Waals surface area contributed by atoms with Crippen LogP contribution >= 0.6 is 0 Å². The molecule has 0 fully saturated rings. The van der Waals surface area contributed by atoms with Gasteiger partial charge in [0.15, 0.2) is 0 Å². The number of nitriles is 1. The van der Waals surface area contributed by atoms with Crippen molar-refractivity contribution in [1.29, 1.82) is 5.26 Å². The van der Waals surface area contributed by atoms with Crippen molar-refractivity contribution in [3.63, 3.8) is 0 Å². The molecule has 1 unspecified atom stereocenters. The molecule has 1 aromatic heterocycles. The molecule has 4 rings (SSSR count). The predicted molar refractivity (Wildman–Crippen MR) is 117 cm³/mol. The van der Waals surface area contributed by atoms with Crippen molar-refractivity contribution in [2.24, 2.45) is 0 Å². The third-order valence-electron chi connectivity index (χ3n) is 5.80. The molecule has 0 saturated carbocycles. The van der Waals surface area contributed by atoms with E-state index in [1.165, 1.54) is 28.8 Å². The number of carbonyl (C=O) groups excluding carboxylic acids is 1. The number of amides is 1. The Hall–Kier alpha value is -4.53. The van der Waals surface area contributed by atoms with Crippen LogP contribution < -0.4 is 15.8 Å². The van der Waals surface area contributed by atoms with Gasteiger partial charge in [-0.25, -0.2) is 0 Å². The van der Waals surface area contributed by atoms with Gasteiger partial charge in [-0.05, 0) is 29.8 Å². The highest BCUT2D eigenvalue weighted by Gasteiger charge is 2.34. The van der Waals surface area contributed by atoms with Gasteiger partial charge in [-0.15, -0.1) is 0 Å². The Morgan fingerprint density at radius 1 is 1.23 bits per heavy atom. The Balaban J connectivity index is 2.01. The van der Waals surface area contributed by atoms with E-state index in [1.807, 2.05) is 11.4 Å². The molecule has 3 aromatic rings. The highest BCUT2D eigenvalue weighted by Crippen LogP contribution is 2.40. The summed E-state index contributed by atoms with van der Waals surface area (Å²) in [6.45, 7) is -0.715. The zero-order valence-electron chi connectivity index (χ0n) is 18.1. The summed E-state index contributed by atoms with van der Waals surface area (Å²) >= 11 is 0. The van der Waals surface area contributed by atoms with Crippen molar-refractivity contribution in [3.05, 3.63) is 69.0 Å². The summed E-state index contributed by atoms with van der Waals surface area (Å²) in [6.07, 6.45) is -4.56. The Kier molecular flexibility index (Phi) is 5.64. The molecular weight excluding hydrogens is 469 g/mol. The molecule has 1 aliphatic rings. The monoisotopic (exact) mass is 486 g/mol. The highest BCUT2D eigenvalue weighted by molar-refractivity contribution is 6.06. The maximum absolute atomic E-state index is 13.5. The lowest BCUT2D eigenvalue weighted by atomic mass is 9.97. The van der Waals surface area contributed by atoms with Crippen LogP contribution in [0.1, 0.15) is 33.1 Å². The summed E-state index contributed by atoms with van der Waals surface area (Å²) in [6, 6.07) is 8.07. The van der Waals surface area contributed by atoms with Crippen molar-refractivity contribution < 1.29 is 33.0 Å². The van der Waals surface area contributed by atoms with E-state index in [9.17, 15) is 37.9 Å². The fraction of sp³-hybridized carbons (Fsp3) is 0.217. The van der Waals surface area contributed by atoms with E-state index in [-0.39, 0.29) is 23.0 Å². The molecular formula is C23H17F3N4O5. The van der Waals surface area contributed by atoms with Crippen LogP contribution in [-0.4, -0.2) is 46.8 Å². The number of hydrogen-bond donors (Lipinski definition) is 3. The molecule has 2 aromatic carbocycles. The van der Waals surface area contributed by atoms with E-state index in [0.717, 1.165) is 12.1 Å². The summed E-state index contributed by atoms with van der Waals surface area (Å²) in [5.41, 5.74) is -1.52. The molecule has 0 aliphatic carbocycles. The molecule has 2 heterocycles. The third kappa shape index (κ3) is 4.01. The Labute approximate surface area is 195 Å². The lowest BCUT2D eigenvalue weighted by Crippen LogP contribution is -2.42. The van der Waals surface area contributed by atoms with Gasteiger partial charge in [-0.2, -0.15) is 18.4 Å². The number of carboxylic acids is 1. The zero-order valence-corrected chi connectivity index (χ0v) is 18.1. The molecule has 0 radical (unpaired) electrons. The van der Waals surface area contributed by atoms with Gasteiger partial charge in [-0.1, -0.05) is 12.1 Å². The zero-order chi connectivity index (χ0) is 25.7. The standard InChI is InChI=1S/C23H17F3N4O5/c1-29-10-16(12-2-4-13(5-3-12)23(24,25)26)30-19-14(6-11(8-27)7-15(19)29)20(33)18(22(30)35)21(34)28-9-17(31)32/h2-7,16,33H,9-10H2,1H3,(H,28,34)(H,31,32). The summed E-state index contributed by atoms with van der Waals surface area (Å²) in [5.74, 6) is -3.25. The van der Waals surface area contributed by atoms with E-state index in [0.29, 0.717) is 11.3 Å². The minimum Gasteiger partial charge on any atom is -0.506 e. The molecule has 0 bridgehead atoms. The second kappa shape index (κ2) is 8.35. The fourth-order valence-corrected chi connectivity index (χ4v) is 4.20. The number of anilines is 1. The molecule has 35 heavy (non-hydrogen) atoms. The molecule has 1 aliphatic heterocycles. The minimum atomic E-state index is -4.56. The first-order valence-electron chi connectivity index (χ1n) is 10.2. The predicted octanol–water partition coefficient (Wildman–Crippen LogP) is 2.45. The Morgan fingerprint density at radius 2 is 1.89 bits per heavy atom. The summed E-state index contributed by atoms with van der Waals surface area (Å²) in [5, 5.41) is 31.1. The smallest absolute Gasteiger partial charge is 0.416 e. The first-order chi connectivity index (χ1) is 16.4. The molecule has 180 valence electrons. The third-order valence-corrected chi connectivity index (χ3v) is 5.80. The number of carboxylic acid groups (broad SMARTS) is 1. The first-order valence-corrected chi connectivity index (χ1v) is 10.2.